The average molecular weight is 301 g/mol. The van der Waals surface area contributed by atoms with Crippen LogP contribution in [0.3, 0.4) is 0 Å². The van der Waals surface area contributed by atoms with Gasteiger partial charge in [-0.3, -0.25) is 0 Å². The van der Waals surface area contributed by atoms with E-state index in [0.29, 0.717) is 0 Å². The van der Waals surface area contributed by atoms with Crippen molar-refractivity contribution in [3.05, 3.63) is 6.92 Å². The van der Waals surface area contributed by atoms with Crippen molar-refractivity contribution < 1.29 is 29.2 Å². The molecule has 0 radical (unpaired) electrons. The normalized spacial score (nSPS) is 6.00. The van der Waals surface area contributed by atoms with Gasteiger partial charge in [0.15, 0.2) is 0 Å². The first-order chi connectivity index (χ1) is 1.91. The van der Waals surface area contributed by atoms with E-state index in [4.69, 9.17) is 0 Å². The number of rotatable bonds is 1. The van der Waals surface area contributed by atoms with Crippen molar-refractivity contribution in [1.29, 1.82) is 0 Å². The molecule has 0 aromatic rings. The fourth-order valence-electron chi connectivity index (χ4n) is 0. The zero-order chi connectivity index (χ0) is 3.41. The van der Waals surface area contributed by atoms with Crippen molar-refractivity contribution in [1.82, 2.24) is 0 Å². The van der Waals surface area contributed by atoms with Crippen LogP contribution in [0.2, 0.25) is 0 Å². The molecule has 32 valence electrons. The van der Waals surface area contributed by atoms with Gasteiger partial charge in [-0.1, -0.05) is 13.3 Å². The quantitative estimate of drug-likeness (QED) is 0.646. The van der Waals surface area contributed by atoms with Gasteiger partial charge in [0.2, 0.25) is 0 Å². The van der Waals surface area contributed by atoms with Crippen LogP contribution in [0.1, 0.15) is 19.8 Å². The summed E-state index contributed by atoms with van der Waals surface area (Å²) in [5, 5.41) is 0. The predicted octanol–water partition coefficient (Wildman–Crippen LogP) is 1.62. The molecule has 0 heterocycles. The smallest absolute Gasteiger partial charge is 0 e. The summed E-state index contributed by atoms with van der Waals surface area (Å²) >= 11 is 0. The van der Waals surface area contributed by atoms with E-state index in [9.17, 15) is 0 Å². The first kappa shape index (κ1) is 9.37. The average Bonchev–Trinajstić information content (AvgIpc) is 1.37. The molecule has 0 nitrogen and oxygen atoms in total. The molecule has 0 saturated carbocycles. The Morgan fingerprint density at radius 1 is 1.60 bits per heavy atom. The van der Waals surface area contributed by atoms with Gasteiger partial charge < -0.3 is 6.92 Å². The van der Waals surface area contributed by atoms with Gasteiger partial charge in [-0.2, -0.15) is 6.42 Å². The van der Waals surface area contributed by atoms with E-state index in [0.717, 1.165) is 6.42 Å². The van der Waals surface area contributed by atoms with Crippen molar-refractivity contribution in [2.24, 2.45) is 0 Å². The molecule has 0 fully saturated rings. The van der Waals surface area contributed by atoms with Crippen LogP contribution in [-0.2, 0) is 0 Å². The van der Waals surface area contributed by atoms with Gasteiger partial charge in [0.25, 0.3) is 0 Å². The molecule has 0 spiro atoms. The molecule has 0 bridgehead atoms. The zero-order valence-electron chi connectivity index (χ0n) is 3.53. The maximum Gasteiger partial charge on any atom is 0 e. The summed E-state index contributed by atoms with van der Waals surface area (Å²) in [5.41, 5.74) is 0. The number of unbranched alkanes of at least 4 members (excludes halogenated alkanes) is 1. The van der Waals surface area contributed by atoms with Gasteiger partial charge >= 0.3 is 0 Å². The SMILES string of the molecule is [CH2-]CCC.[Pu]. The van der Waals surface area contributed by atoms with E-state index < -0.39 is 0 Å². The van der Waals surface area contributed by atoms with Crippen LogP contribution in [0, 0.1) is 36.1 Å². The maximum atomic E-state index is 3.60. The van der Waals surface area contributed by atoms with E-state index in [1.807, 2.05) is 0 Å². The molecule has 0 aromatic carbocycles. The van der Waals surface area contributed by atoms with Gasteiger partial charge in [-0.05, 0) is 0 Å². The fraction of sp³-hybridized carbons (Fsp3) is 0.750. The van der Waals surface area contributed by atoms with Crippen molar-refractivity contribution in [3.63, 3.8) is 0 Å². The molecule has 0 amide bonds. The monoisotopic (exact) mass is 295 g/mol. The molecule has 0 aliphatic rings. The van der Waals surface area contributed by atoms with E-state index in [-0.39, 0.29) is 29.2 Å². The predicted molar refractivity (Wildman–Crippen MR) is 20.3 cm³/mol. The molecular formula is C4H9Pu-. The standard InChI is InChI=1S/C4H9.Pu/c1-3-4-2;/h1,3-4H2,2H3;/q-1;. The molecular weight excluding hydrogens is 292 g/mol. The van der Waals surface area contributed by atoms with Crippen LogP contribution in [0.5, 0.6) is 0 Å². The summed E-state index contributed by atoms with van der Waals surface area (Å²) < 4.78 is 0. The third kappa shape index (κ3) is 11.3. The minimum absolute atomic E-state index is 0. The van der Waals surface area contributed by atoms with E-state index in [1.54, 1.807) is 0 Å². The van der Waals surface area contributed by atoms with Crippen LogP contribution in [0.4, 0.5) is 0 Å². The minimum Gasteiger partial charge on any atom is -0.343 e. The van der Waals surface area contributed by atoms with Gasteiger partial charge in [0.1, 0.15) is 0 Å². The third-order valence-electron chi connectivity index (χ3n) is 0.354. The summed E-state index contributed by atoms with van der Waals surface area (Å²) in [5.74, 6) is 0. The summed E-state index contributed by atoms with van der Waals surface area (Å²) in [4.78, 5) is 0. The fourth-order valence-corrected chi connectivity index (χ4v) is 0. The minimum atomic E-state index is 0. The second-order valence-corrected chi connectivity index (χ2v) is 0.854. The van der Waals surface area contributed by atoms with Gasteiger partial charge in [0, 0.05) is 29.2 Å². The Balaban J connectivity index is 0. The second-order valence-electron chi connectivity index (χ2n) is 0.854. The van der Waals surface area contributed by atoms with Crippen molar-refractivity contribution in [3.8, 4) is 0 Å². The van der Waals surface area contributed by atoms with E-state index >= 15 is 0 Å². The molecule has 0 unspecified atom stereocenters. The molecule has 0 atom stereocenters. The molecule has 5 heavy (non-hydrogen) atoms. The molecule has 0 aliphatic carbocycles. The maximum absolute atomic E-state index is 3.60. The number of hydrogen-bond donors (Lipinski definition) is 0. The third-order valence-corrected chi connectivity index (χ3v) is 0.354. The zero-order valence-corrected chi connectivity index (χ0v) is 6.93. The molecule has 0 aliphatic heterocycles. The number of hydrogen-bond acceptors (Lipinski definition) is 0. The molecule has 1 heteroatoms. The Hall–Kier alpha value is 0.987. The van der Waals surface area contributed by atoms with Crippen LogP contribution in [0.15, 0.2) is 0 Å². The van der Waals surface area contributed by atoms with E-state index in [2.05, 4.69) is 13.8 Å². The Morgan fingerprint density at radius 3 is 1.80 bits per heavy atom. The summed E-state index contributed by atoms with van der Waals surface area (Å²) in [6.07, 6.45) is 2.28. The Labute approximate surface area is 55.9 Å². The van der Waals surface area contributed by atoms with Crippen molar-refractivity contribution in [2.45, 2.75) is 19.8 Å². The Kier molecular flexibility index (Phi) is 16.6. The van der Waals surface area contributed by atoms with Gasteiger partial charge in [-0.25, -0.2) is 0 Å². The molecule has 0 aromatic heterocycles. The van der Waals surface area contributed by atoms with Crippen molar-refractivity contribution >= 4 is 0 Å². The summed E-state index contributed by atoms with van der Waals surface area (Å²) in [6, 6.07) is 0. The van der Waals surface area contributed by atoms with Gasteiger partial charge in [-0.15, -0.1) is 0 Å². The molecule has 0 N–H and O–H groups in total. The van der Waals surface area contributed by atoms with Crippen LogP contribution in [-0.4, -0.2) is 0 Å². The topological polar surface area (TPSA) is 0 Å². The van der Waals surface area contributed by atoms with Crippen LogP contribution >= 0.6 is 0 Å². The van der Waals surface area contributed by atoms with Crippen molar-refractivity contribution in [2.75, 3.05) is 0 Å². The summed E-state index contributed by atoms with van der Waals surface area (Å²) in [6.45, 7) is 5.72. The second kappa shape index (κ2) is 8.89. The first-order valence-electron chi connectivity index (χ1n) is 1.71. The largest absolute Gasteiger partial charge is 0.343 e. The first-order valence-corrected chi connectivity index (χ1v) is 1.71. The van der Waals surface area contributed by atoms with Crippen LogP contribution < -0.4 is 0 Å². The molecule has 0 saturated heterocycles. The van der Waals surface area contributed by atoms with E-state index in [1.165, 1.54) is 6.42 Å². The summed E-state index contributed by atoms with van der Waals surface area (Å²) in [7, 11) is 0. The van der Waals surface area contributed by atoms with Crippen LogP contribution in [0.25, 0.3) is 0 Å². The Morgan fingerprint density at radius 2 is 1.80 bits per heavy atom. The van der Waals surface area contributed by atoms with Gasteiger partial charge in [0.05, 0.1) is 0 Å². The molecule has 0 rings (SSSR count). The Bertz CT molecular complexity index is 5.61.